The van der Waals surface area contributed by atoms with Gasteiger partial charge >= 0.3 is 0 Å². The van der Waals surface area contributed by atoms with Crippen molar-refractivity contribution in [2.24, 2.45) is 0 Å². The molecule has 0 aliphatic heterocycles. The van der Waals surface area contributed by atoms with E-state index < -0.39 is 0 Å². The van der Waals surface area contributed by atoms with E-state index in [9.17, 15) is 0 Å². The SMILES string of the molecule is Cc1ccc(CNc2ccc3ncsc3c2)o1. The summed E-state index contributed by atoms with van der Waals surface area (Å²) in [5.74, 6) is 1.90. The van der Waals surface area contributed by atoms with Crippen LogP contribution in [0.5, 0.6) is 0 Å². The van der Waals surface area contributed by atoms with Gasteiger partial charge < -0.3 is 9.73 Å². The largest absolute Gasteiger partial charge is 0.465 e. The number of hydrogen-bond donors (Lipinski definition) is 1. The number of thiazole rings is 1. The first-order valence-electron chi connectivity index (χ1n) is 5.44. The Morgan fingerprint density at radius 2 is 2.24 bits per heavy atom. The predicted molar refractivity (Wildman–Crippen MR) is 70.4 cm³/mol. The van der Waals surface area contributed by atoms with Gasteiger partial charge in [-0.05, 0) is 37.3 Å². The van der Waals surface area contributed by atoms with E-state index in [-0.39, 0.29) is 0 Å². The Hall–Kier alpha value is -1.81. The second-order valence-electron chi connectivity index (χ2n) is 3.90. The fourth-order valence-electron chi connectivity index (χ4n) is 1.73. The molecule has 0 atom stereocenters. The molecule has 0 fully saturated rings. The number of aromatic nitrogens is 1. The van der Waals surface area contributed by atoms with Crippen molar-refractivity contribution >= 4 is 27.2 Å². The van der Waals surface area contributed by atoms with E-state index in [0.717, 1.165) is 22.7 Å². The molecule has 0 bridgehead atoms. The lowest BCUT2D eigenvalue weighted by molar-refractivity contribution is 0.490. The molecule has 86 valence electrons. The molecule has 0 radical (unpaired) electrons. The normalized spacial score (nSPS) is 10.9. The van der Waals surface area contributed by atoms with Crippen molar-refractivity contribution in [2.75, 3.05) is 5.32 Å². The molecule has 0 aliphatic carbocycles. The van der Waals surface area contributed by atoms with E-state index in [1.165, 1.54) is 4.70 Å². The number of fused-ring (bicyclic) bond motifs is 1. The number of furan rings is 1. The molecular weight excluding hydrogens is 232 g/mol. The van der Waals surface area contributed by atoms with Crippen molar-refractivity contribution < 1.29 is 4.42 Å². The maximum atomic E-state index is 5.51. The van der Waals surface area contributed by atoms with Gasteiger partial charge in [0.1, 0.15) is 11.5 Å². The number of hydrogen-bond acceptors (Lipinski definition) is 4. The Balaban J connectivity index is 1.76. The number of benzene rings is 1. The molecule has 2 heterocycles. The zero-order valence-corrected chi connectivity index (χ0v) is 10.3. The monoisotopic (exact) mass is 244 g/mol. The van der Waals surface area contributed by atoms with E-state index in [0.29, 0.717) is 6.54 Å². The smallest absolute Gasteiger partial charge is 0.123 e. The summed E-state index contributed by atoms with van der Waals surface area (Å²) in [6.07, 6.45) is 0. The molecule has 1 N–H and O–H groups in total. The van der Waals surface area contributed by atoms with Crippen LogP contribution < -0.4 is 5.32 Å². The minimum absolute atomic E-state index is 0.706. The van der Waals surface area contributed by atoms with Crippen LogP contribution in [0, 0.1) is 6.92 Å². The fraction of sp³-hybridized carbons (Fsp3) is 0.154. The van der Waals surface area contributed by atoms with E-state index in [4.69, 9.17) is 4.42 Å². The molecule has 0 aliphatic rings. The van der Waals surface area contributed by atoms with Crippen molar-refractivity contribution in [1.82, 2.24) is 4.98 Å². The molecule has 3 aromatic rings. The highest BCUT2D eigenvalue weighted by Crippen LogP contribution is 2.22. The van der Waals surface area contributed by atoms with Crippen molar-refractivity contribution in [3.05, 3.63) is 47.4 Å². The third kappa shape index (κ3) is 2.17. The number of aryl methyl sites for hydroxylation is 1. The number of anilines is 1. The minimum Gasteiger partial charge on any atom is -0.465 e. The molecular formula is C13H12N2OS. The third-order valence-electron chi connectivity index (χ3n) is 2.59. The first kappa shape index (κ1) is 10.4. The van der Waals surface area contributed by atoms with Crippen LogP contribution in [-0.2, 0) is 6.54 Å². The average molecular weight is 244 g/mol. The molecule has 0 unspecified atom stereocenters. The maximum absolute atomic E-state index is 5.51. The van der Waals surface area contributed by atoms with Gasteiger partial charge in [0.2, 0.25) is 0 Å². The lowest BCUT2D eigenvalue weighted by atomic mass is 10.3. The van der Waals surface area contributed by atoms with Gasteiger partial charge in [-0.1, -0.05) is 0 Å². The van der Waals surface area contributed by atoms with Gasteiger partial charge in [-0.2, -0.15) is 0 Å². The van der Waals surface area contributed by atoms with E-state index >= 15 is 0 Å². The van der Waals surface area contributed by atoms with Gasteiger partial charge in [0.25, 0.3) is 0 Å². The van der Waals surface area contributed by atoms with Gasteiger partial charge in [0.15, 0.2) is 0 Å². The Morgan fingerprint density at radius 3 is 3.06 bits per heavy atom. The molecule has 3 nitrogen and oxygen atoms in total. The summed E-state index contributed by atoms with van der Waals surface area (Å²) in [4.78, 5) is 4.25. The summed E-state index contributed by atoms with van der Waals surface area (Å²) in [5.41, 5.74) is 4.01. The lowest BCUT2D eigenvalue weighted by Gasteiger charge is -2.03. The summed E-state index contributed by atoms with van der Waals surface area (Å²) < 4.78 is 6.71. The summed E-state index contributed by atoms with van der Waals surface area (Å²) in [5, 5.41) is 3.34. The van der Waals surface area contributed by atoms with E-state index in [1.807, 2.05) is 36.7 Å². The number of nitrogens with one attached hydrogen (secondary N) is 1. The summed E-state index contributed by atoms with van der Waals surface area (Å²) in [7, 11) is 0. The molecule has 2 aromatic heterocycles. The summed E-state index contributed by atoms with van der Waals surface area (Å²) in [6.45, 7) is 2.66. The van der Waals surface area contributed by atoms with Crippen LogP contribution in [0.4, 0.5) is 5.69 Å². The Kier molecular flexibility index (Phi) is 2.57. The van der Waals surface area contributed by atoms with Crippen molar-refractivity contribution in [3.8, 4) is 0 Å². The maximum Gasteiger partial charge on any atom is 0.123 e. The molecule has 0 saturated carbocycles. The molecule has 1 aromatic carbocycles. The Labute approximate surface area is 103 Å². The first-order valence-corrected chi connectivity index (χ1v) is 6.32. The molecule has 0 saturated heterocycles. The van der Waals surface area contributed by atoms with Crippen LogP contribution in [0.3, 0.4) is 0 Å². The van der Waals surface area contributed by atoms with Crippen LogP contribution >= 0.6 is 11.3 Å². The highest BCUT2D eigenvalue weighted by molar-refractivity contribution is 7.16. The quantitative estimate of drug-likeness (QED) is 0.761. The second-order valence-corrected chi connectivity index (χ2v) is 4.79. The molecule has 0 amide bonds. The van der Waals surface area contributed by atoms with Gasteiger partial charge in [0.05, 0.1) is 22.3 Å². The number of nitrogens with zero attached hydrogens (tertiary/aromatic N) is 1. The van der Waals surface area contributed by atoms with Crippen LogP contribution in [0.2, 0.25) is 0 Å². The third-order valence-corrected chi connectivity index (χ3v) is 3.39. The molecule has 4 heteroatoms. The highest BCUT2D eigenvalue weighted by Gasteiger charge is 2.01. The van der Waals surface area contributed by atoms with Crippen molar-refractivity contribution in [3.63, 3.8) is 0 Å². The van der Waals surface area contributed by atoms with Gasteiger partial charge in [-0.15, -0.1) is 11.3 Å². The zero-order chi connectivity index (χ0) is 11.7. The average Bonchev–Trinajstić information content (AvgIpc) is 2.94. The Bertz CT molecular complexity index is 641. The topological polar surface area (TPSA) is 38.1 Å². The predicted octanol–water partition coefficient (Wildman–Crippen LogP) is 3.81. The highest BCUT2D eigenvalue weighted by atomic mass is 32.1. The van der Waals surface area contributed by atoms with Crippen LogP contribution in [-0.4, -0.2) is 4.98 Å². The van der Waals surface area contributed by atoms with Crippen LogP contribution in [0.25, 0.3) is 10.2 Å². The van der Waals surface area contributed by atoms with Crippen molar-refractivity contribution in [1.29, 1.82) is 0 Å². The molecule has 3 rings (SSSR count). The fourth-order valence-corrected chi connectivity index (χ4v) is 2.45. The standard InChI is InChI=1S/C13H12N2OS/c1-9-2-4-11(16-9)7-14-10-3-5-12-13(6-10)17-8-15-12/h2-6,8,14H,7H2,1H3. The summed E-state index contributed by atoms with van der Waals surface area (Å²) >= 11 is 1.65. The zero-order valence-electron chi connectivity index (χ0n) is 9.43. The minimum atomic E-state index is 0.706. The van der Waals surface area contributed by atoms with Crippen LogP contribution in [0.1, 0.15) is 11.5 Å². The second kappa shape index (κ2) is 4.22. The molecule has 17 heavy (non-hydrogen) atoms. The molecule has 0 spiro atoms. The number of rotatable bonds is 3. The van der Waals surface area contributed by atoms with Gasteiger partial charge in [-0.25, -0.2) is 4.98 Å². The van der Waals surface area contributed by atoms with E-state index in [1.54, 1.807) is 11.3 Å². The van der Waals surface area contributed by atoms with E-state index in [2.05, 4.69) is 16.4 Å². The van der Waals surface area contributed by atoms with Crippen molar-refractivity contribution in [2.45, 2.75) is 13.5 Å². The van der Waals surface area contributed by atoms with Gasteiger partial charge in [0, 0.05) is 5.69 Å². The lowest BCUT2D eigenvalue weighted by Crippen LogP contribution is -1.97. The van der Waals surface area contributed by atoms with Gasteiger partial charge in [-0.3, -0.25) is 0 Å². The van der Waals surface area contributed by atoms with Crippen LogP contribution in [0.15, 0.2) is 40.3 Å². The Morgan fingerprint density at radius 1 is 1.29 bits per heavy atom. The summed E-state index contributed by atoms with van der Waals surface area (Å²) in [6, 6.07) is 10.2. The first-order chi connectivity index (χ1) is 8.31.